The molecule has 4 heteroatoms. The van der Waals surface area contributed by atoms with Crippen molar-refractivity contribution in [1.82, 2.24) is 5.32 Å². The van der Waals surface area contributed by atoms with E-state index < -0.39 is 0 Å². The van der Waals surface area contributed by atoms with Crippen molar-refractivity contribution >= 4 is 11.7 Å². The smallest absolute Gasteiger partial charge is 0.319 e. The van der Waals surface area contributed by atoms with Gasteiger partial charge in [0.05, 0.1) is 6.61 Å². The van der Waals surface area contributed by atoms with E-state index in [-0.39, 0.29) is 6.03 Å². The van der Waals surface area contributed by atoms with Crippen LogP contribution in [0.25, 0.3) is 11.1 Å². The molecule has 1 aliphatic carbocycles. The summed E-state index contributed by atoms with van der Waals surface area (Å²) in [5.74, 6) is 0. The van der Waals surface area contributed by atoms with Crippen LogP contribution in [0.5, 0.6) is 0 Å². The molecule has 0 spiro atoms. The van der Waals surface area contributed by atoms with E-state index >= 15 is 0 Å². The zero-order valence-electron chi connectivity index (χ0n) is 12.7. The quantitative estimate of drug-likeness (QED) is 0.709. The highest BCUT2D eigenvalue weighted by atomic mass is 16.5. The van der Waals surface area contributed by atoms with Crippen LogP contribution in [-0.2, 0) is 11.2 Å². The maximum absolute atomic E-state index is 11.8. The lowest BCUT2D eigenvalue weighted by atomic mass is 10.1. The fraction of sp³-hybridized carbons (Fsp3) is 0.278. The van der Waals surface area contributed by atoms with Gasteiger partial charge in [-0.2, -0.15) is 0 Å². The number of benzene rings is 2. The summed E-state index contributed by atoms with van der Waals surface area (Å²) in [5, 5.41) is 5.65. The molecule has 0 saturated carbocycles. The minimum absolute atomic E-state index is 0.199. The molecule has 0 heterocycles. The molecule has 3 rings (SSSR count). The Balaban J connectivity index is 1.63. The van der Waals surface area contributed by atoms with E-state index in [1.54, 1.807) is 0 Å². The fourth-order valence-corrected chi connectivity index (χ4v) is 2.78. The van der Waals surface area contributed by atoms with E-state index in [9.17, 15) is 4.79 Å². The lowest BCUT2D eigenvalue weighted by Gasteiger charge is -2.09. The Labute approximate surface area is 130 Å². The molecule has 22 heavy (non-hydrogen) atoms. The molecule has 0 saturated heterocycles. The molecule has 0 aliphatic heterocycles. The van der Waals surface area contributed by atoms with Crippen molar-refractivity contribution in [2.24, 2.45) is 0 Å². The van der Waals surface area contributed by atoms with Gasteiger partial charge in [-0.25, -0.2) is 4.79 Å². The second-order valence-electron chi connectivity index (χ2n) is 5.28. The third-order valence-electron chi connectivity index (χ3n) is 3.79. The van der Waals surface area contributed by atoms with E-state index in [4.69, 9.17) is 4.74 Å². The minimum atomic E-state index is -0.199. The summed E-state index contributed by atoms with van der Waals surface area (Å²) < 4.78 is 5.19. The first kappa shape index (κ1) is 14.6. The van der Waals surface area contributed by atoms with Gasteiger partial charge >= 0.3 is 6.03 Å². The van der Waals surface area contributed by atoms with Crippen LogP contribution < -0.4 is 10.6 Å². The van der Waals surface area contributed by atoms with Crippen molar-refractivity contribution in [2.75, 3.05) is 25.1 Å². The molecule has 0 bridgehead atoms. The lowest BCUT2D eigenvalue weighted by molar-refractivity contribution is 0.150. The van der Waals surface area contributed by atoms with Crippen molar-refractivity contribution in [3.05, 3.63) is 53.6 Å². The number of rotatable bonds is 5. The second kappa shape index (κ2) is 6.62. The van der Waals surface area contributed by atoms with Crippen LogP contribution >= 0.6 is 0 Å². The van der Waals surface area contributed by atoms with E-state index in [0.29, 0.717) is 19.8 Å². The Morgan fingerprint density at radius 2 is 1.95 bits per heavy atom. The predicted molar refractivity (Wildman–Crippen MR) is 88.2 cm³/mol. The minimum Gasteiger partial charge on any atom is -0.380 e. The van der Waals surface area contributed by atoms with Gasteiger partial charge in [0, 0.05) is 18.8 Å². The summed E-state index contributed by atoms with van der Waals surface area (Å²) in [6.07, 6.45) is 0.924. The molecule has 2 N–H and O–H groups in total. The normalized spacial score (nSPS) is 11.7. The van der Waals surface area contributed by atoms with Gasteiger partial charge in [-0.1, -0.05) is 30.3 Å². The van der Waals surface area contributed by atoms with Crippen LogP contribution in [0.1, 0.15) is 18.1 Å². The van der Waals surface area contributed by atoms with Crippen molar-refractivity contribution in [3.8, 4) is 11.1 Å². The fourth-order valence-electron chi connectivity index (χ4n) is 2.78. The number of hydrogen-bond acceptors (Lipinski definition) is 2. The van der Waals surface area contributed by atoms with Crippen LogP contribution in [0, 0.1) is 0 Å². The van der Waals surface area contributed by atoms with E-state index in [1.807, 2.05) is 13.0 Å². The topological polar surface area (TPSA) is 50.4 Å². The second-order valence-corrected chi connectivity index (χ2v) is 5.28. The maximum atomic E-state index is 11.8. The number of hydrogen-bond donors (Lipinski definition) is 2. The van der Waals surface area contributed by atoms with Crippen LogP contribution in [0.4, 0.5) is 10.5 Å². The number of nitrogens with one attached hydrogen (secondary N) is 2. The van der Waals surface area contributed by atoms with E-state index in [0.717, 1.165) is 12.1 Å². The third kappa shape index (κ3) is 3.12. The summed E-state index contributed by atoms with van der Waals surface area (Å²) >= 11 is 0. The summed E-state index contributed by atoms with van der Waals surface area (Å²) in [6.45, 7) is 3.64. The Hall–Kier alpha value is -2.33. The van der Waals surface area contributed by atoms with Crippen molar-refractivity contribution < 1.29 is 9.53 Å². The number of amides is 2. The molecule has 4 nitrogen and oxygen atoms in total. The van der Waals surface area contributed by atoms with E-state index in [1.165, 1.54) is 22.3 Å². The highest BCUT2D eigenvalue weighted by Crippen LogP contribution is 2.37. The molecular weight excluding hydrogens is 276 g/mol. The van der Waals surface area contributed by atoms with Gasteiger partial charge in [-0.3, -0.25) is 0 Å². The summed E-state index contributed by atoms with van der Waals surface area (Å²) in [6, 6.07) is 14.3. The number of ether oxygens (including phenoxy) is 1. The molecule has 2 amide bonds. The van der Waals surface area contributed by atoms with Crippen LogP contribution in [0.15, 0.2) is 42.5 Å². The predicted octanol–water partition coefficient (Wildman–Crippen LogP) is 3.42. The van der Waals surface area contributed by atoms with Gasteiger partial charge in [-0.15, -0.1) is 0 Å². The molecule has 114 valence electrons. The third-order valence-corrected chi connectivity index (χ3v) is 3.79. The molecule has 0 fully saturated rings. The average molecular weight is 296 g/mol. The van der Waals surface area contributed by atoms with Gasteiger partial charge in [0.15, 0.2) is 0 Å². The van der Waals surface area contributed by atoms with Crippen LogP contribution in [0.2, 0.25) is 0 Å². The first-order valence-electron chi connectivity index (χ1n) is 7.61. The Morgan fingerprint density at radius 3 is 2.82 bits per heavy atom. The summed E-state index contributed by atoms with van der Waals surface area (Å²) in [5.41, 5.74) is 5.98. The molecule has 2 aromatic rings. The van der Waals surface area contributed by atoms with Crippen LogP contribution in [-0.4, -0.2) is 25.8 Å². The summed E-state index contributed by atoms with van der Waals surface area (Å²) in [4.78, 5) is 11.8. The Kier molecular flexibility index (Phi) is 4.39. The SMILES string of the molecule is CCOCCNC(=O)Nc1ccc2c(c1)Cc1ccccc1-2. The number of anilines is 1. The average Bonchev–Trinajstić information content (AvgIpc) is 2.89. The Bertz CT molecular complexity index is 683. The Morgan fingerprint density at radius 1 is 1.14 bits per heavy atom. The van der Waals surface area contributed by atoms with E-state index in [2.05, 4.69) is 47.0 Å². The first-order valence-corrected chi connectivity index (χ1v) is 7.61. The molecule has 0 aromatic heterocycles. The highest BCUT2D eigenvalue weighted by molar-refractivity contribution is 5.90. The molecule has 0 unspecified atom stereocenters. The highest BCUT2D eigenvalue weighted by Gasteiger charge is 2.18. The van der Waals surface area contributed by atoms with Gasteiger partial charge in [0.25, 0.3) is 0 Å². The largest absolute Gasteiger partial charge is 0.380 e. The van der Waals surface area contributed by atoms with Crippen molar-refractivity contribution in [2.45, 2.75) is 13.3 Å². The lowest BCUT2D eigenvalue weighted by Crippen LogP contribution is -2.31. The van der Waals surface area contributed by atoms with Gasteiger partial charge in [0.1, 0.15) is 0 Å². The van der Waals surface area contributed by atoms with Gasteiger partial charge < -0.3 is 15.4 Å². The van der Waals surface area contributed by atoms with Crippen molar-refractivity contribution in [3.63, 3.8) is 0 Å². The van der Waals surface area contributed by atoms with Crippen LogP contribution in [0.3, 0.4) is 0 Å². The zero-order valence-corrected chi connectivity index (χ0v) is 12.7. The monoisotopic (exact) mass is 296 g/mol. The zero-order chi connectivity index (χ0) is 15.4. The number of urea groups is 1. The molecule has 0 radical (unpaired) electrons. The standard InChI is InChI=1S/C18H20N2O2/c1-2-22-10-9-19-18(21)20-15-7-8-17-14(12-15)11-13-5-3-4-6-16(13)17/h3-8,12H,2,9-11H2,1H3,(H2,19,20,21). The first-order chi connectivity index (χ1) is 10.8. The summed E-state index contributed by atoms with van der Waals surface area (Å²) in [7, 11) is 0. The van der Waals surface area contributed by atoms with Crippen molar-refractivity contribution in [1.29, 1.82) is 0 Å². The molecule has 1 aliphatic rings. The van der Waals surface area contributed by atoms with Gasteiger partial charge in [-0.05, 0) is 47.7 Å². The molecule has 2 aromatic carbocycles. The number of carbonyl (C=O) groups excluding carboxylic acids is 1. The molecule has 0 atom stereocenters. The van der Waals surface area contributed by atoms with Gasteiger partial charge in [0.2, 0.25) is 0 Å². The number of fused-ring (bicyclic) bond motifs is 3. The molecular formula is C18H20N2O2. The maximum Gasteiger partial charge on any atom is 0.319 e. The number of carbonyl (C=O) groups is 1.